The smallest absolute Gasteiger partial charge is 0.223 e. The van der Waals surface area contributed by atoms with Gasteiger partial charge in [0, 0.05) is 24.7 Å². The van der Waals surface area contributed by atoms with Gasteiger partial charge in [0.2, 0.25) is 5.91 Å². The molecule has 5 heteroatoms. The van der Waals surface area contributed by atoms with E-state index in [1.165, 1.54) is 12.1 Å². The molecule has 1 heterocycles. The maximum Gasteiger partial charge on any atom is 0.223 e. The zero-order valence-electron chi connectivity index (χ0n) is 13.2. The van der Waals surface area contributed by atoms with Gasteiger partial charge in [0.15, 0.2) is 0 Å². The monoisotopic (exact) mass is 303 g/mol. The Balaban J connectivity index is 2.30. The van der Waals surface area contributed by atoms with Gasteiger partial charge in [-0.1, -0.05) is 26.0 Å². The third-order valence-electron chi connectivity index (χ3n) is 3.90. The lowest BCUT2D eigenvalue weighted by Crippen LogP contribution is -2.34. The number of carbonyl (C=O) groups excluding carboxylic acids is 1. The molecule has 22 heavy (non-hydrogen) atoms. The van der Waals surface area contributed by atoms with Crippen molar-refractivity contribution in [2.45, 2.75) is 32.7 Å². The summed E-state index contributed by atoms with van der Waals surface area (Å²) < 4.78 is 14.8. The predicted octanol–water partition coefficient (Wildman–Crippen LogP) is 3.20. The lowest BCUT2D eigenvalue weighted by molar-refractivity contribution is -0.125. The quantitative estimate of drug-likeness (QED) is 0.891. The normalized spacial score (nSPS) is 12.4. The van der Waals surface area contributed by atoms with Crippen molar-refractivity contribution in [3.05, 3.63) is 53.6 Å². The van der Waals surface area contributed by atoms with E-state index in [9.17, 15) is 9.18 Å². The van der Waals surface area contributed by atoms with E-state index in [0.717, 1.165) is 24.0 Å². The molecule has 1 atom stereocenters. The number of nitrogens with one attached hydrogen (secondary N) is 1. The summed E-state index contributed by atoms with van der Waals surface area (Å²) in [4.78, 5) is 12.4. The summed E-state index contributed by atoms with van der Waals surface area (Å²) in [6, 6.07) is 5.88. The van der Waals surface area contributed by atoms with E-state index in [1.54, 1.807) is 23.0 Å². The lowest BCUT2D eigenvalue weighted by atomic mass is 9.98. The molecule has 1 aromatic heterocycles. The van der Waals surface area contributed by atoms with Crippen LogP contribution in [-0.4, -0.2) is 15.7 Å². The van der Waals surface area contributed by atoms with Gasteiger partial charge >= 0.3 is 0 Å². The van der Waals surface area contributed by atoms with Crippen molar-refractivity contribution in [2.24, 2.45) is 13.0 Å². The molecule has 2 rings (SSSR count). The van der Waals surface area contributed by atoms with Crippen molar-refractivity contribution in [1.29, 1.82) is 0 Å². The number of aryl methyl sites for hydroxylation is 1. The molecule has 1 N–H and O–H groups in total. The summed E-state index contributed by atoms with van der Waals surface area (Å²) in [7, 11) is 1.83. The molecule has 0 spiro atoms. The van der Waals surface area contributed by atoms with Gasteiger partial charge < -0.3 is 5.32 Å². The molecule has 0 aliphatic rings. The molecule has 0 saturated heterocycles. The van der Waals surface area contributed by atoms with Gasteiger partial charge in [-0.05, 0) is 30.5 Å². The van der Waals surface area contributed by atoms with Crippen molar-refractivity contribution in [3.63, 3.8) is 0 Å². The van der Waals surface area contributed by atoms with Crippen molar-refractivity contribution >= 4 is 5.91 Å². The number of nitrogens with zero attached hydrogens (tertiary/aromatic N) is 2. The van der Waals surface area contributed by atoms with Crippen LogP contribution < -0.4 is 5.32 Å². The molecule has 0 aliphatic carbocycles. The van der Waals surface area contributed by atoms with Gasteiger partial charge in [-0.15, -0.1) is 0 Å². The molecule has 4 nitrogen and oxygen atoms in total. The number of benzene rings is 1. The van der Waals surface area contributed by atoms with Crippen molar-refractivity contribution < 1.29 is 9.18 Å². The number of aromatic nitrogens is 2. The molecule has 118 valence electrons. The van der Waals surface area contributed by atoms with Gasteiger partial charge in [0.05, 0.1) is 12.2 Å². The van der Waals surface area contributed by atoms with E-state index in [-0.39, 0.29) is 23.7 Å². The second-order valence-electron chi connectivity index (χ2n) is 5.45. The molecular formula is C17H22FN3O. The highest BCUT2D eigenvalue weighted by Crippen LogP contribution is 2.23. The van der Waals surface area contributed by atoms with Crippen LogP contribution in [0.2, 0.25) is 0 Å². The SMILES string of the molecule is CCC(CC)C(=O)N[C@H](c1ccc(F)cc1)c1cnn(C)c1. The molecule has 0 saturated carbocycles. The zero-order chi connectivity index (χ0) is 16.1. The van der Waals surface area contributed by atoms with E-state index in [0.29, 0.717) is 0 Å². The summed E-state index contributed by atoms with van der Waals surface area (Å²) in [5.74, 6) is -0.289. The minimum Gasteiger partial charge on any atom is -0.345 e. The highest BCUT2D eigenvalue weighted by Gasteiger charge is 2.22. The molecule has 0 unspecified atom stereocenters. The summed E-state index contributed by atoms with van der Waals surface area (Å²) in [6.45, 7) is 4.01. The minimum atomic E-state index is -0.317. The third kappa shape index (κ3) is 3.72. The van der Waals surface area contributed by atoms with Gasteiger partial charge in [-0.25, -0.2) is 4.39 Å². The average Bonchev–Trinajstić information content (AvgIpc) is 2.93. The molecular weight excluding hydrogens is 281 g/mol. The molecule has 0 fully saturated rings. The number of hydrogen-bond acceptors (Lipinski definition) is 2. The molecule has 1 aromatic carbocycles. The van der Waals surface area contributed by atoms with Crippen LogP contribution in [0.4, 0.5) is 4.39 Å². The fraction of sp³-hybridized carbons (Fsp3) is 0.412. The first kappa shape index (κ1) is 16.2. The number of hydrogen-bond donors (Lipinski definition) is 1. The Labute approximate surface area is 130 Å². The summed E-state index contributed by atoms with van der Waals surface area (Å²) in [6.07, 6.45) is 5.18. The fourth-order valence-corrected chi connectivity index (χ4v) is 2.52. The Morgan fingerprint density at radius 1 is 1.23 bits per heavy atom. The first-order chi connectivity index (χ1) is 10.5. The highest BCUT2D eigenvalue weighted by molar-refractivity contribution is 5.79. The van der Waals surface area contributed by atoms with Crippen LogP contribution in [0.5, 0.6) is 0 Å². The van der Waals surface area contributed by atoms with E-state index in [1.807, 2.05) is 27.1 Å². The Morgan fingerprint density at radius 3 is 2.36 bits per heavy atom. The Morgan fingerprint density at radius 2 is 1.86 bits per heavy atom. The molecule has 0 radical (unpaired) electrons. The van der Waals surface area contributed by atoms with Gasteiger partial charge in [0.25, 0.3) is 0 Å². The number of carbonyl (C=O) groups is 1. The van der Waals surface area contributed by atoms with E-state index in [2.05, 4.69) is 10.4 Å². The van der Waals surface area contributed by atoms with Gasteiger partial charge in [-0.3, -0.25) is 9.48 Å². The maximum absolute atomic E-state index is 13.2. The standard InChI is InChI=1S/C17H22FN3O/c1-4-12(5-2)17(22)20-16(14-10-19-21(3)11-14)13-6-8-15(18)9-7-13/h6-12,16H,4-5H2,1-3H3,(H,20,22)/t16-/m1/s1. The van der Waals surface area contributed by atoms with Gasteiger partial charge in [0.1, 0.15) is 5.82 Å². The largest absolute Gasteiger partial charge is 0.345 e. The Bertz CT molecular complexity index is 617. The van der Waals surface area contributed by atoms with E-state index < -0.39 is 0 Å². The Kier molecular flexibility index (Phi) is 5.31. The topological polar surface area (TPSA) is 46.9 Å². The van der Waals surface area contributed by atoms with Crippen LogP contribution in [0.15, 0.2) is 36.7 Å². The fourth-order valence-electron chi connectivity index (χ4n) is 2.52. The van der Waals surface area contributed by atoms with Crippen LogP contribution in [0.25, 0.3) is 0 Å². The second-order valence-corrected chi connectivity index (χ2v) is 5.45. The van der Waals surface area contributed by atoms with Crippen LogP contribution in [0.3, 0.4) is 0 Å². The van der Waals surface area contributed by atoms with Crippen molar-refractivity contribution in [3.8, 4) is 0 Å². The number of rotatable bonds is 6. The average molecular weight is 303 g/mol. The van der Waals surface area contributed by atoms with Crippen LogP contribution >= 0.6 is 0 Å². The highest BCUT2D eigenvalue weighted by atomic mass is 19.1. The minimum absolute atomic E-state index is 0.0142. The molecule has 2 aromatic rings. The first-order valence-electron chi connectivity index (χ1n) is 7.59. The van der Waals surface area contributed by atoms with E-state index >= 15 is 0 Å². The van der Waals surface area contributed by atoms with Crippen LogP contribution in [0, 0.1) is 11.7 Å². The summed E-state index contributed by atoms with van der Waals surface area (Å²) in [5, 5.41) is 7.23. The van der Waals surface area contributed by atoms with Crippen LogP contribution in [0.1, 0.15) is 43.9 Å². The maximum atomic E-state index is 13.2. The first-order valence-corrected chi connectivity index (χ1v) is 7.59. The van der Waals surface area contributed by atoms with Crippen molar-refractivity contribution in [2.75, 3.05) is 0 Å². The summed E-state index contributed by atoms with van der Waals surface area (Å²) in [5.41, 5.74) is 1.72. The van der Waals surface area contributed by atoms with Crippen LogP contribution in [-0.2, 0) is 11.8 Å². The number of amides is 1. The lowest BCUT2D eigenvalue weighted by Gasteiger charge is -2.21. The number of halogens is 1. The molecule has 0 aliphatic heterocycles. The van der Waals surface area contributed by atoms with Crippen molar-refractivity contribution in [1.82, 2.24) is 15.1 Å². The molecule has 1 amide bonds. The zero-order valence-corrected chi connectivity index (χ0v) is 13.2. The second kappa shape index (κ2) is 7.20. The van der Waals surface area contributed by atoms with E-state index in [4.69, 9.17) is 0 Å². The predicted molar refractivity (Wildman–Crippen MR) is 83.7 cm³/mol. The molecule has 0 bridgehead atoms. The Hall–Kier alpha value is -2.17. The summed E-state index contributed by atoms with van der Waals surface area (Å²) >= 11 is 0. The van der Waals surface area contributed by atoms with Gasteiger partial charge in [-0.2, -0.15) is 5.10 Å². The third-order valence-corrected chi connectivity index (χ3v) is 3.90.